The Hall–Kier alpha value is -0.610. The van der Waals surface area contributed by atoms with E-state index in [0.29, 0.717) is 19.1 Å². The minimum Gasteiger partial charge on any atom is -0.468 e. The van der Waals surface area contributed by atoms with Gasteiger partial charge in [-0.15, -0.1) is 0 Å². The van der Waals surface area contributed by atoms with E-state index in [9.17, 15) is 4.79 Å². The molecule has 1 fully saturated rings. The fraction of sp³-hybridized carbons (Fsp3) is 0.923. The van der Waals surface area contributed by atoms with Crippen molar-refractivity contribution in [3.8, 4) is 0 Å². The number of carbonyl (C=O) groups is 1. The van der Waals surface area contributed by atoms with Gasteiger partial charge in [0.05, 0.1) is 12.7 Å². The van der Waals surface area contributed by atoms with Gasteiger partial charge < -0.3 is 9.47 Å². The summed E-state index contributed by atoms with van der Waals surface area (Å²) >= 11 is 0. The second-order valence-corrected chi connectivity index (χ2v) is 5.95. The van der Waals surface area contributed by atoms with Crippen LogP contribution in [0.1, 0.15) is 47.0 Å². The Kier molecular flexibility index (Phi) is 4.55. The number of hydrogen-bond donors (Lipinski definition) is 1. The molecule has 1 N–H and O–H groups in total. The lowest BCUT2D eigenvalue weighted by Crippen LogP contribution is -2.52. The van der Waals surface area contributed by atoms with E-state index in [4.69, 9.17) is 9.47 Å². The monoisotopic (exact) mass is 243 g/mol. The van der Waals surface area contributed by atoms with Gasteiger partial charge in [0.15, 0.2) is 0 Å². The molecular formula is C13H25NO3. The van der Waals surface area contributed by atoms with Crippen molar-refractivity contribution in [2.24, 2.45) is 0 Å². The molecule has 0 aromatic carbocycles. The van der Waals surface area contributed by atoms with Crippen LogP contribution in [0.2, 0.25) is 0 Å². The van der Waals surface area contributed by atoms with Crippen molar-refractivity contribution in [2.75, 3.05) is 13.7 Å². The average molecular weight is 243 g/mol. The van der Waals surface area contributed by atoms with Gasteiger partial charge in [-0.3, -0.25) is 10.1 Å². The standard InChI is InChI=1S/C13H25NO3/c1-12(2,3)17-9-8-13(4,11(15)16-5)14-10-6-7-10/h10,14H,6-9H2,1-5H3. The van der Waals surface area contributed by atoms with Crippen LogP contribution in [-0.4, -0.2) is 36.9 Å². The molecule has 0 saturated heterocycles. The molecule has 1 unspecified atom stereocenters. The van der Waals surface area contributed by atoms with Gasteiger partial charge in [0.2, 0.25) is 0 Å². The third kappa shape index (κ3) is 5.04. The van der Waals surface area contributed by atoms with Crippen LogP contribution in [0, 0.1) is 0 Å². The van der Waals surface area contributed by atoms with E-state index < -0.39 is 5.54 Å². The summed E-state index contributed by atoms with van der Waals surface area (Å²) < 4.78 is 10.5. The summed E-state index contributed by atoms with van der Waals surface area (Å²) in [5, 5.41) is 3.35. The second kappa shape index (κ2) is 5.36. The predicted molar refractivity (Wildman–Crippen MR) is 66.9 cm³/mol. The summed E-state index contributed by atoms with van der Waals surface area (Å²) in [5.74, 6) is -0.207. The second-order valence-electron chi connectivity index (χ2n) is 5.95. The molecule has 0 spiro atoms. The van der Waals surface area contributed by atoms with Gasteiger partial charge in [0.1, 0.15) is 5.54 Å². The maximum Gasteiger partial charge on any atom is 0.325 e. The first-order valence-corrected chi connectivity index (χ1v) is 6.27. The highest BCUT2D eigenvalue weighted by Crippen LogP contribution is 2.25. The van der Waals surface area contributed by atoms with Gasteiger partial charge in [-0.2, -0.15) is 0 Å². The summed E-state index contributed by atoms with van der Waals surface area (Å²) in [7, 11) is 1.43. The van der Waals surface area contributed by atoms with E-state index in [1.54, 1.807) is 0 Å². The van der Waals surface area contributed by atoms with E-state index in [0.717, 1.165) is 12.8 Å². The quantitative estimate of drug-likeness (QED) is 0.724. The van der Waals surface area contributed by atoms with Gasteiger partial charge >= 0.3 is 5.97 Å². The number of rotatable bonds is 6. The van der Waals surface area contributed by atoms with Crippen molar-refractivity contribution in [1.29, 1.82) is 0 Å². The highest BCUT2D eigenvalue weighted by molar-refractivity contribution is 5.80. The first-order valence-electron chi connectivity index (χ1n) is 6.27. The van der Waals surface area contributed by atoms with Crippen molar-refractivity contribution in [3.05, 3.63) is 0 Å². The summed E-state index contributed by atoms with van der Waals surface area (Å²) in [6.07, 6.45) is 2.92. The molecule has 1 atom stereocenters. The average Bonchev–Trinajstić information content (AvgIpc) is 2.98. The Morgan fingerprint density at radius 3 is 2.29 bits per heavy atom. The normalized spacial score (nSPS) is 19.8. The first kappa shape index (κ1) is 14.5. The molecule has 1 aliphatic carbocycles. The Labute approximate surface area is 104 Å². The van der Waals surface area contributed by atoms with E-state index in [1.165, 1.54) is 7.11 Å². The van der Waals surface area contributed by atoms with Crippen LogP contribution in [0.25, 0.3) is 0 Å². The fourth-order valence-corrected chi connectivity index (χ4v) is 1.70. The van der Waals surface area contributed by atoms with Gasteiger partial charge in [-0.25, -0.2) is 0 Å². The lowest BCUT2D eigenvalue weighted by Gasteiger charge is -2.29. The number of ether oxygens (including phenoxy) is 2. The molecule has 1 rings (SSSR count). The SMILES string of the molecule is COC(=O)C(C)(CCOC(C)(C)C)NC1CC1. The topological polar surface area (TPSA) is 47.6 Å². The van der Waals surface area contributed by atoms with Crippen LogP contribution in [0.4, 0.5) is 0 Å². The predicted octanol–water partition coefficient (Wildman–Crippen LogP) is 1.88. The summed E-state index contributed by atoms with van der Waals surface area (Å²) in [4.78, 5) is 11.8. The molecule has 0 heterocycles. The zero-order valence-electron chi connectivity index (χ0n) is 11.6. The minimum absolute atomic E-state index is 0.170. The molecule has 0 aromatic heterocycles. The van der Waals surface area contributed by atoms with E-state index in [-0.39, 0.29) is 11.6 Å². The molecule has 0 aliphatic heterocycles. The van der Waals surface area contributed by atoms with Gasteiger partial charge in [-0.05, 0) is 47.0 Å². The third-order valence-corrected chi connectivity index (χ3v) is 2.87. The van der Waals surface area contributed by atoms with Gasteiger partial charge in [0.25, 0.3) is 0 Å². The van der Waals surface area contributed by atoms with Crippen LogP contribution in [0.5, 0.6) is 0 Å². The number of nitrogens with one attached hydrogen (secondary N) is 1. The molecule has 0 bridgehead atoms. The molecule has 100 valence electrons. The molecule has 0 aromatic rings. The van der Waals surface area contributed by atoms with Crippen molar-refractivity contribution in [1.82, 2.24) is 5.32 Å². The van der Waals surface area contributed by atoms with Crippen LogP contribution < -0.4 is 5.32 Å². The molecule has 0 amide bonds. The third-order valence-electron chi connectivity index (χ3n) is 2.87. The van der Waals surface area contributed by atoms with Crippen molar-refractivity contribution < 1.29 is 14.3 Å². The Morgan fingerprint density at radius 1 is 1.29 bits per heavy atom. The lowest BCUT2D eigenvalue weighted by atomic mass is 9.98. The Balaban J connectivity index is 2.47. The Morgan fingerprint density at radius 2 is 1.88 bits per heavy atom. The summed E-state index contributed by atoms with van der Waals surface area (Å²) in [6, 6.07) is 0.466. The molecule has 17 heavy (non-hydrogen) atoms. The largest absolute Gasteiger partial charge is 0.468 e. The first-order chi connectivity index (χ1) is 7.77. The van der Waals surface area contributed by atoms with E-state index in [1.807, 2.05) is 27.7 Å². The maximum atomic E-state index is 11.8. The molecule has 1 saturated carbocycles. The highest BCUT2D eigenvalue weighted by Gasteiger charge is 2.39. The van der Waals surface area contributed by atoms with Crippen molar-refractivity contribution in [3.63, 3.8) is 0 Å². The van der Waals surface area contributed by atoms with Crippen LogP contribution in [0.15, 0.2) is 0 Å². The van der Waals surface area contributed by atoms with Crippen LogP contribution >= 0.6 is 0 Å². The fourth-order valence-electron chi connectivity index (χ4n) is 1.70. The van der Waals surface area contributed by atoms with Crippen molar-refractivity contribution in [2.45, 2.75) is 64.1 Å². The van der Waals surface area contributed by atoms with Crippen LogP contribution in [0.3, 0.4) is 0 Å². The summed E-state index contributed by atoms with van der Waals surface area (Å²) in [6.45, 7) is 8.47. The Bertz CT molecular complexity index is 268. The molecular weight excluding hydrogens is 218 g/mol. The molecule has 4 nitrogen and oxygen atoms in total. The highest BCUT2D eigenvalue weighted by atomic mass is 16.5. The zero-order valence-corrected chi connectivity index (χ0v) is 11.6. The molecule has 4 heteroatoms. The van der Waals surface area contributed by atoms with Gasteiger partial charge in [0, 0.05) is 12.6 Å². The molecule has 0 radical (unpaired) electrons. The maximum absolute atomic E-state index is 11.8. The minimum atomic E-state index is -0.624. The van der Waals surface area contributed by atoms with Gasteiger partial charge in [-0.1, -0.05) is 0 Å². The van der Waals surface area contributed by atoms with E-state index in [2.05, 4.69) is 5.32 Å². The number of methoxy groups -OCH3 is 1. The van der Waals surface area contributed by atoms with Crippen LogP contribution in [-0.2, 0) is 14.3 Å². The smallest absolute Gasteiger partial charge is 0.325 e. The lowest BCUT2D eigenvalue weighted by molar-refractivity contribution is -0.149. The summed E-state index contributed by atoms with van der Waals surface area (Å²) in [5.41, 5.74) is -0.794. The molecule has 1 aliphatic rings. The van der Waals surface area contributed by atoms with Crippen molar-refractivity contribution >= 4 is 5.97 Å². The number of hydrogen-bond acceptors (Lipinski definition) is 4. The zero-order chi connectivity index (χ0) is 13.1. The number of carbonyl (C=O) groups excluding carboxylic acids is 1. The number of esters is 1. The van der Waals surface area contributed by atoms with E-state index >= 15 is 0 Å².